The molecule has 2 N–H and O–H groups in total. The number of hydroxylamine groups is 2. The molecule has 1 atom stereocenters. The summed E-state index contributed by atoms with van der Waals surface area (Å²) in [5.41, 5.74) is 2.25. The Kier molecular flexibility index (Phi) is 7.07. The lowest BCUT2D eigenvalue weighted by Gasteiger charge is -2.33. The summed E-state index contributed by atoms with van der Waals surface area (Å²) in [6, 6.07) is 5.69. The van der Waals surface area contributed by atoms with E-state index in [4.69, 9.17) is 16.4 Å². The van der Waals surface area contributed by atoms with Crippen LogP contribution in [0.15, 0.2) is 40.7 Å². The predicted octanol–water partition coefficient (Wildman–Crippen LogP) is 3.72. The molecule has 8 heteroatoms. The second-order valence-electron chi connectivity index (χ2n) is 8.02. The summed E-state index contributed by atoms with van der Waals surface area (Å²) in [6.45, 7) is 7.78. The number of aliphatic imine (C=N–C) groups is 1. The van der Waals surface area contributed by atoms with Crippen LogP contribution in [0, 0.1) is 0 Å². The fourth-order valence-electron chi connectivity index (χ4n) is 4.38. The number of halogens is 1. The lowest BCUT2D eigenvalue weighted by atomic mass is 9.83. The van der Waals surface area contributed by atoms with Crippen molar-refractivity contribution in [3.05, 3.63) is 46.3 Å². The number of allylic oxidation sites excluding steroid dienone is 2. The number of Topliss-reactive ketones (excluding diaryl/α,β-unsaturated/α-hetero) is 1. The predicted molar refractivity (Wildman–Crippen MR) is 123 cm³/mol. The highest BCUT2D eigenvalue weighted by atomic mass is 35.5. The van der Waals surface area contributed by atoms with Gasteiger partial charge in [0.25, 0.3) is 0 Å². The topological polar surface area (TPSA) is 81.2 Å². The number of carbonyl (C=O) groups is 1. The molecule has 166 valence electrons. The molecule has 2 aromatic rings. The second kappa shape index (κ2) is 9.96. The van der Waals surface area contributed by atoms with Crippen LogP contribution in [0.2, 0.25) is 5.02 Å². The van der Waals surface area contributed by atoms with Crippen LogP contribution in [0.5, 0.6) is 0 Å². The van der Waals surface area contributed by atoms with Gasteiger partial charge in [-0.1, -0.05) is 17.7 Å². The van der Waals surface area contributed by atoms with E-state index in [0.29, 0.717) is 36.6 Å². The first-order chi connectivity index (χ1) is 15.1. The number of aliphatic hydroxyl groups excluding tert-OH is 1. The Morgan fingerprint density at radius 1 is 1.29 bits per heavy atom. The van der Waals surface area contributed by atoms with Crippen molar-refractivity contribution < 1.29 is 14.7 Å². The number of nitrogens with zero attached hydrogens (tertiary/aromatic N) is 3. The molecule has 0 spiro atoms. The van der Waals surface area contributed by atoms with Gasteiger partial charge in [0, 0.05) is 74.8 Å². The number of aliphatic hydroxyl groups is 1. The van der Waals surface area contributed by atoms with E-state index in [-0.39, 0.29) is 17.5 Å². The van der Waals surface area contributed by atoms with Crippen LogP contribution in [0.4, 0.5) is 0 Å². The monoisotopic (exact) mass is 444 g/mol. The molecule has 1 fully saturated rings. The van der Waals surface area contributed by atoms with E-state index in [1.807, 2.05) is 36.4 Å². The van der Waals surface area contributed by atoms with Gasteiger partial charge >= 0.3 is 0 Å². The van der Waals surface area contributed by atoms with Gasteiger partial charge in [-0.3, -0.25) is 19.5 Å². The van der Waals surface area contributed by atoms with E-state index in [1.165, 1.54) is 0 Å². The highest BCUT2D eigenvalue weighted by Crippen LogP contribution is 2.39. The molecule has 1 aromatic heterocycles. The maximum atomic E-state index is 12.7. The highest BCUT2D eigenvalue weighted by Gasteiger charge is 2.29. The SMILES string of the molecule is CCON1CCN(CCN=CC2=C(O)CC(c3c[nH]c4cccc(Cl)c34)CC2=O)CC1. The zero-order chi connectivity index (χ0) is 21.8. The van der Waals surface area contributed by atoms with Gasteiger partial charge in [0.1, 0.15) is 5.76 Å². The molecule has 7 nitrogen and oxygen atoms in total. The third kappa shape index (κ3) is 5.01. The Hall–Kier alpha value is -2.19. The van der Waals surface area contributed by atoms with Crippen LogP contribution >= 0.6 is 11.6 Å². The number of piperazine rings is 1. The molecule has 0 amide bonds. The van der Waals surface area contributed by atoms with Gasteiger partial charge in [-0.15, -0.1) is 0 Å². The Morgan fingerprint density at radius 2 is 2.10 bits per heavy atom. The number of hydrogen-bond donors (Lipinski definition) is 2. The van der Waals surface area contributed by atoms with Crippen LogP contribution in [0.3, 0.4) is 0 Å². The number of benzene rings is 1. The molecule has 1 saturated heterocycles. The zero-order valence-electron chi connectivity index (χ0n) is 17.8. The second-order valence-corrected chi connectivity index (χ2v) is 8.43. The summed E-state index contributed by atoms with van der Waals surface area (Å²) in [7, 11) is 0. The molecule has 1 aliphatic carbocycles. The van der Waals surface area contributed by atoms with E-state index < -0.39 is 0 Å². The van der Waals surface area contributed by atoms with E-state index in [9.17, 15) is 9.90 Å². The van der Waals surface area contributed by atoms with E-state index in [2.05, 4.69) is 14.9 Å². The lowest BCUT2D eigenvalue weighted by Crippen LogP contribution is -2.46. The molecule has 0 radical (unpaired) electrons. The number of aromatic nitrogens is 1. The van der Waals surface area contributed by atoms with Gasteiger partial charge < -0.3 is 10.1 Å². The Bertz CT molecular complexity index is 992. The minimum absolute atomic E-state index is 0.0794. The van der Waals surface area contributed by atoms with Crippen LogP contribution in [0.1, 0.15) is 31.2 Å². The van der Waals surface area contributed by atoms with Gasteiger partial charge in [0.15, 0.2) is 5.78 Å². The first-order valence-corrected chi connectivity index (χ1v) is 11.3. The zero-order valence-corrected chi connectivity index (χ0v) is 18.6. The molecule has 0 bridgehead atoms. The van der Waals surface area contributed by atoms with Crippen LogP contribution < -0.4 is 0 Å². The normalized spacial score (nSPS) is 21.6. The van der Waals surface area contributed by atoms with Gasteiger partial charge in [-0.2, -0.15) is 5.06 Å². The summed E-state index contributed by atoms with van der Waals surface area (Å²) in [6.07, 6.45) is 4.19. The smallest absolute Gasteiger partial charge is 0.168 e. The van der Waals surface area contributed by atoms with Crippen LogP contribution in [-0.4, -0.2) is 77.9 Å². The van der Waals surface area contributed by atoms with E-state index in [0.717, 1.165) is 49.2 Å². The third-order valence-corrected chi connectivity index (χ3v) is 6.33. The lowest BCUT2D eigenvalue weighted by molar-refractivity contribution is -0.172. The number of aromatic amines is 1. The molecule has 1 unspecified atom stereocenters. The molecule has 1 aliphatic heterocycles. The summed E-state index contributed by atoms with van der Waals surface area (Å²) < 4.78 is 0. The maximum absolute atomic E-state index is 12.7. The number of fused-ring (bicyclic) bond motifs is 1. The summed E-state index contributed by atoms with van der Waals surface area (Å²) in [4.78, 5) is 28.2. The average Bonchev–Trinajstić information content (AvgIpc) is 3.19. The third-order valence-electron chi connectivity index (χ3n) is 6.02. The van der Waals surface area contributed by atoms with Gasteiger partial charge in [-0.05, 0) is 24.6 Å². The number of nitrogens with one attached hydrogen (secondary N) is 1. The van der Waals surface area contributed by atoms with Gasteiger partial charge in [-0.25, -0.2) is 0 Å². The first kappa shape index (κ1) is 22.0. The van der Waals surface area contributed by atoms with Crippen molar-refractivity contribution >= 4 is 34.5 Å². The Labute approximate surface area is 187 Å². The highest BCUT2D eigenvalue weighted by molar-refractivity contribution is 6.35. The Morgan fingerprint density at radius 3 is 2.84 bits per heavy atom. The minimum Gasteiger partial charge on any atom is -0.511 e. The fraction of sp³-hybridized carbons (Fsp3) is 0.478. The first-order valence-electron chi connectivity index (χ1n) is 10.9. The molecule has 2 heterocycles. The van der Waals surface area contributed by atoms with Crippen molar-refractivity contribution in [1.82, 2.24) is 14.9 Å². The molecular formula is C23H29ClN4O3. The quantitative estimate of drug-likeness (QED) is 0.636. The summed E-state index contributed by atoms with van der Waals surface area (Å²) >= 11 is 6.38. The van der Waals surface area contributed by atoms with Crippen LogP contribution in [0.25, 0.3) is 10.9 Å². The largest absolute Gasteiger partial charge is 0.511 e. The van der Waals surface area contributed by atoms with Crippen molar-refractivity contribution in [2.75, 3.05) is 45.9 Å². The Balaban J connectivity index is 1.35. The van der Waals surface area contributed by atoms with Gasteiger partial charge in [0.2, 0.25) is 0 Å². The number of rotatable bonds is 7. The van der Waals surface area contributed by atoms with Gasteiger partial charge in [0.05, 0.1) is 23.7 Å². The summed E-state index contributed by atoms with van der Waals surface area (Å²) in [5.74, 6) is -0.0686. The minimum atomic E-state index is -0.0973. The number of carbonyl (C=O) groups excluding carboxylic acids is 1. The average molecular weight is 445 g/mol. The fourth-order valence-corrected chi connectivity index (χ4v) is 4.67. The van der Waals surface area contributed by atoms with E-state index in [1.54, 1.807) is 6.21 Å². The maximum Gasteiger partial charge on any atom is 0.168 e. The van der Waals surface area contributed by atoms with Crippen molar-refractivity contribution in [1.29, 1.82) is 0 Å². The molecule has 31 heavy (non-hydrogen) atoms. The van der Waals surface area contributed by atoms with Crippen molar-refractivity contribution in [3.8, 4) is 0 Å². The molecule has 0 saturated carbocycles. The number of H-pyrrole nitrogens is 1. The molecular weight excluding hydrogens is 416 g/mol. The number of hydrogen-bond acceptors (Lipinski definition) is 6. The molecule has 4 rings (SSSR count). The van der Waals surface area contributed by atoms with Crippen molar-refractivity contribution in [3.63, 3.8) is 0 Å². The van der Waals surface area contributed by atoms with Crippen molar-refractivity contribution in [2.24, 2.45) is 4.99 Å². The number of ketones is 1. The standard InChI is InChI=1S/C23H29ClN4O3/c1-2-31-28-10-8-27(9-11-28)7-6-25-14-18-21(29)12-16(13-22(18)30)17-15-26-20-5-3-4-19(24)23(17)20/h3-5,14-16,26,29H,2,6-13H2,1H3. The van der Waals surface area contributed by atoms with Crippen molar-refractivity contribution in [2.45, 2.75) is 25.7 Å². The summed E-state index contributed by atoms with van der Waals surface area (Å²) in [5, 5.41) is 14.2. The molecule has 1 aromatic carbocycles. The van der Waals surface area contributed by atoms with Crippen LogP contribution in [-0.2, 0) is 9.63 Å². The van der Waals surface area contributed by atoms with E-state index >= 15 is 0 Å². The molecule has 2 aliphatic rings.